The molecule has 2 fully saturated rings. The van der Waals surface area contributed by atoms with Gasteiger partial charge in [0.25, 0.3) is 5.91 Å². The SMILES string of the molecule is O=C1CCC(N2Cc3c(OCc4ccc(CN5CCN(c6ccccn6)CC5)cc4)cccc3C2=O)C(=O)C1. The van der Waals surface area contributed by atoms with Gasteiger partial charge in [-0.1, -0.05) is 36.4 Å². The van der Waals surface area contributed by atoms with Crippen molar-refractivity contribution in [3.63, 3.8) is 0 Å². The van der Waals surface area contributed by atoms with Gasteiger partial charge in [0.2, 0.25) is 0 Å². The smallest absolute Gasteiger partial charge is 0.255 e. The zero-order valence-corrected chi connectivity index (χ0v) is 21.9. The molecule has 8 heteroatoms. The summed E-state index contributed by atoms with van der Waals surface area (Å²) in [5, 5.41) is 0. The van der Waals surface area contributed by atoms with E-state index >= 15 is 0 Å². The summed E-state index contributed by atoms with van der Waals surface area (Å²) in [6, 6.07) is 19.5. The van der Waals surface area contributed by atoms with E-state index in [0.29, 0.717) is 37.3 Å². The van der Waals surface area contributed by atoms with Gasteiger partial charge >= 0.3 is 0 Å². The summed E-state index contributed by atoms with van der Waals surface area (Å²) in [4.78, 5) is 48.0. The number of Topliss-reactive ketones (excluding diaryl/α,β-unsaturated/α-hetero) is 2. The van der Waals surface area contributed by atoms with Crippen molar-refractivity contribution >= 4 is 23.3 Å². The highest BCUT2D eigenvalue weighted by molar-refractivity contribution is 6.07. The van der Waals surface area contributed by atoms with Crippen molar-refractivity contribution in [1.82, 2.24) is 14.8 Å². The van der Waals surface area contributed by atoms with Gasteiger partial charge in [0, 0.05) is 56.5 Å². The van der Waals surface area contributed by atoms with Gasteiger partial charge in [0.15, 0.2) is 5.78 Å². The maximum absolute atomic E-state index is 13.1. The third-order valence-corrected chi connectivity index (χ3v) is 7.94. The number of anilines is 1. The lowest BCUT2D eigenvalue weighted by Crippen LogP contribution is -2.46. The van der Waals surface area contributed by atoms with Gasteiger partial charge in [-0.3, -0.25) is 19.3 Å². The number of ether oxygens (including phenoxy) is 1. The number of aromatic nitrogens is 1. The van der Waals surface area contributed by atoms with Crippen molar-refractivity contribution in [3.05, 3.63) is 89.1 Å². The number of hydrogen-bond donors (Lipinski definition) is 0. The van der Waals surface area contributed by atoms with Crippen LogP contribution in [0.2, 0.25) is 0 Å². The summed E-state index contributed by atoms with van der Waals surface area (Å²) in [6.07, 6.45) is 2.51. The Hall–Kier alpha value is -4.04. The summed E-state index contributed by atoms with van der Waals surface area (Å²) >= 11 is 0. The van der Waals surface area contributed by atoms with Crippen LogP contribution in [0.5, 0.6) is 5.75 Å². The van der Waals surface area contributed by atoms with E-state index in [4.69, 9.17) is 4.74 Å². The third-order valence-electron chi connectivity index (χ3n) is 7.94. The van der Waals surface area contributed by atoms with Crippen LogP contribution in [-0.4, -0.2) is 64.5 Å². The normalized spacial score (nSPS) is 19.9. The van der Waals surface area contributed by atoms with Crippen molar-refractivity contribution < 1.29 is 19.1 Å². The number of carbonyl (C=O) groups excluding carboxylic acids is 3. The number of rotatable bonds is 7. The number of pyridine rings is 1. The van der Waals surface area contributed by atoms with Crippen molar-refractivity contribution in [2.45, 2.75) is 45.0 Å². The number of amides is 1. The molecule has 39 heavy (non-hydrogen) atoms. The van der Waals surface area contributed by atoms with Crippen LogP contribution in [0.3, 0.4) is 0 Å². The topological polar surface area (TPSA) is 83.1 Å². The van der Waals surface area contributed by atoms with Crippen LogP contribution in [-0.2, 0) is 29.3 Å². The van der Waals surface area contributed by atoms with Crippen molar-refractivity contribution in [3.8, 4) is 5.75 Å². The molecule has 1 atom stereocenters. The van der Waals surface area contributed by atoms with E-state index in [0.717, 1.165) is 49.7 Å². The standard InChI is InChI=1S/C31H32N4O4/c36-24-11-12-27(28(37)18-24)35-20-26-25(31(35)38)4-3-5-29(26)39-21-23-9-7-22(8-10-23)19-33-14-16-34(17-15-33)30-6-1-2-13-32-30/h1-10,13,27H,11-12,14-21H2. The molecule has 6 rings (SSSR count). The molecule has 2 aliphatic heterocycles. The van der Waals surface area contributed by atoms with Gasteiger partial charge in [0.1, 0.15) is 24.0 Å². The Labute approximate surface area is 228 Å². The minimum absolute atomic E-state index is 0.0429. The molecule has 3 aliphatic rings. The highest BCUT2D eigenvalue weighted by atomic mass is 16.5. The van der Waals surface area contributed by atoms with E-state index in [-0.39, 0.29) is 23.9 Å². The first-order chi connectivity index (χ1) is 19.0. The summed E-state index contributed by atoms with van der Waals surface area (Å²) in [5.74, 6) is 1.34. The second-order valence-corrected chi connectivity index (χ2v) is 10.5. The molecule has 1 amide bonds. The van der Waals surface area contributed by atoms with E-state index in [1.54, 1.807) is 11.0 Å². The van der Waals surface area contributed by atoms with E-state index in [2.05, 4.69) is 45.1 Å². The fourth-order valence-corrected chi connectivity index (χ4v) is 5.74. The number of hydrogen-bond acceptors (Lipinski definition) is 7. The Bertz CT molecular complexity index is 1370. The number of fused-ring (bicyclic) bond motifs is 1. The Balaban J connectivity index is 1.03. The van der Waals surface area contributed by atoms with Crippen LogP contribution >= 0.6 is 0 Å². The number of benzene rings is 2. The minimum atomic E-state index is -0.527. The first kappa shape index (κ1) is 25.2. The van der Waals surface area contributed by atoms with E-state index in [1.807, 2.05) is 30.5 Å². The molecular formula is C31H32N4O4. The molecule has 1 aliphatic carbocycles. The molecule has 2 aromatic carbocycles. The lowest BCUT2D eigenvalue weighted by molar-refractivity contribution is -0.133. The van der Waals surface area contributed by atoms with E-state index < -0.39 is 6.04 Å². The summed E-state index contributed by atoms with van der Waals surface area (Å²) in [7, 11) is 0. The third kappa shape index (κ3) is 5.43. The molecule has 1 aromatic heterocycles. The second-order valence-electron chi connectivity index (χ2n) is 10.5. The van der Waals surface area contributed by atoms with Gasteiger partial charge < -0.3 is 14.5 Å². The molecular weight excluding hydrogens is 492 g/mol. The highest BCUT2D eigenvalue weighted by Gasteiger charge is 2.40. The Morgan fingerprint density at radius 2 is 1.67 bits per heavy atom. The van der Waals surface area contributed by atoms with Crippen LogP contribution in [0.4, 0.5) is 5.82 Å². The average Bonchev–Trinajstić information content (AvgIpc) is 3.30. The van der Waals surface area contributed by atoms with Crippen LogP contribution < -0.4 is 9.64 Å². The first-order valence-corrected chi connectivity index (χ1v) is 13.6. The van der Waals surface area contributed by atoms with Gasteiger partial charge in [0.05, 0.1) is 19.0 Å². The van der Waals surface area contributed by atoms with E-state index in [1.165, 1.54) is 5.56 Å². The van der Waals surface area contributed by atoms with Gasteiger partial charge in [-0.15, -0.1) is 0 Å². The molecule has 0 spiro atoms. The van der Waals surface area contributed by atoms with Crippen LogP contribution in [0, 0.1) is 0 Å². The summed E-state index contributed by atoms with van der Waals surface area (Å²) in [5.41, 5.74) is 3.71. The molecule has 3 aromatic rings. The fourth-order valence-electron chi connectivity index (χ4n) is 5.74. The fraction of sp³-hybridized carbons (Fsp3) is 0.355. The van der Waals surface area contributed by atoms with Crippen molar-refractivity contribution in [2.24, 2.45) is 0 Å². The van der Waals surface area contributed by atoms with Crippen LogP contribution in [0.1, 0.15) is 46.3 Å². The van der Waals surface area contributed by atoms with E-state index in [9.17, 15) is 14.4 Å². The lowest BCUT2D eigenvalue weighted by Gasteiger charge is -2.35. The van der Waals surface area contributed by atoms with Crippen molar-refractivity contribution in [2.75, 3.05) is 31.1 Å². The van der Waals surface area contributed by atoms with Gasteiger partial charge in [-0.2, -0.15) is 0 Å². The predicted octanol–water partition coefficient (Wildman–Crippen LogP) is 3.63. The number of piperazine rings is 1. The Morgan fingerprint density at radius 3 is 2.41 bits per heavy atom. The second kappa shape index (κ2) is 11.0. The first-order valence-electron chi connectivity index (χ1n) is 13.6. The molecule has 3 heterocycles. The van der Waals surface area contributed by atoms with Crippen LogP contribution in [0.15, 0.2) is 66.9 Å². The minimum Gasteiger partial charge on any atom is -0.489 e. The summed E-state index contributed by atoms with van der Waals surface area (Å²) < 4.78 is 6.17. The Kier molecular flexibility index (Phi) is 7.11. The number of ketones is 2. The molecule has 0 radical (unpaired) electrons. The molecule has 1 saturated heterocycles. The zero-order chi connectivity index (χ0) is 26.8. The lowest BCUT2D eigenvalue weighted by atomic mass is 9.92. The highest BCUT2D eigenvalue weighted by Crippen LogP contribution is 2.34. The average molecular weight is 525 g/mol. The van der Waals surface area contributed by atoms with Gasteiger partial charge in [-0.05, 0) is 41.8 Å². The predicted molar refractivity (Wildman–Crippen MR) is 146 cm³/mol. The molecule has 0 N–H and O–H groups in total. The number of nitrogens with zero attached hydrogens (tertiary/aromatic N) is 4. The largest absolute Gasteiger partial charge is 0.489 e. The molecule has 200 valence electrons. The molecule has 1 unspecified atom stereocenters. The Morgan fingerprint density at radius 1 is 0.872 bits per heavy atom. The summed E-state index contributed by atoms with van der Waals surface area (Å²) in [6.45, 7) is 5.57. The monoisotopic (exact) mass is 524 g/mol. The maximum atomic E-state index is 13.1. The van der Waals surface area contributed by atoms with Crippen LogP contribution in [0.25, 0.3) is 0 Å². The quantitative estimate of drug-likeness (QED) is 0.437. The number of carbonyl (C=O) groups is 3. The molecule has 8 nitrogen and oxygen atoms in total. The molecule has 0 bridgehead atoms. The zero-order valence-electron chi connectivity index (χ0n) is 21.9. The molecule has 1 saturated carbocycles. The van der Waals surface area contributed by atoms with Gasteiger partial charge in [-0.25, -0.2) is 4.98 Å². The van der Waals surface area contributed by atoms with Crippen molar-refractivity contribution in [1.29, 1.82) is 0 Å². The maximum Gasteiger partial charge on any atom is 0.255 e.